The Bertz CT molecular complexity index is 1720. The van der Waals surface area contributed by atoms with Crippen LogP contribution in [0.25, 0.3) is 33.5 Å². The molecule has 8 nitrogen and oxygen atoms in total. The molecule has 0 saturated heterocycles. The van der Waals surface area contributed by atoms with Crippen molar-refractivity contribution in [1.29, 1.82) is 0 Å². The van der Waals surface area contributed by atoms with Crippen LogP contribution in [0.2, 0.25) is 5.02 Å². The first kappa shape index (κ1) is 24.1. The number of fused-ring (bicyclic) bond motifs is 2. The summed E-state index contributed by atoms with van der Waals surface area (Å²) in [5.41, 5.74) is 1.35. The fraction of sp³-hybridized carbons (Fsp3) is 0.107. The molecule has 0 saturated carbocycles. The first-order valence-electron chi connectivity index (χ1n) is 11.3. The van der Waals surface area contributed by atoms with Crippen molar-refractivity contribution in [3.8, 4) is 28.8 Å². The molecule has 5 rings (SSSR count). The van der Waals surface area contributed by atoms with Crippen LogP contribution in [0, 0.1) is 0 Å². The van der Waals surface area contributed by atoms with Crippen LogP contribution in [-0.2, 0) is 0 Å². The number of ether oxygens (including phenoxy) is 3. The molecule has 3 aromatic carbocycles. The van der Waals surface area contributed by atoms with Crippen LogP contribution in [0.1, 0.15) is 5.56 Å². The Labute approximate surface area is 217 Å². The van der Waals surface area contributed by atoms with Crippen molar-refractivity contribution < 1.29 is 18.6 Å². The molecule has 0 amide bonds. The van der Waals surface area contributed by atoms with Gasteiger partial charge >= 0.3 is 0 Å². The van der Waals surface area contributed by atoms with E-state index in [4.69, 9.17) is 35.2 Å². The van der Waals surface area contributed by atoms with Crippen molar-refractivity contribution >= 4 is 39.7 Å². The third-order valence-corrected chi connectivity index (χ3v) is 5.92. The van der Waals surface area contributed by atoms with Gasteiger partial charge in [0.2, 0.25) is 5.82 Å². The second-order valence-corrected chi connectivity index (χ2v) is 8.34. The van der Waals surface area contributed by atoms with Gasteiger partial charge in [0.15, 0.2) is 17.3 Å². The second-order valence-electron chi connectivity index (χ2n) is 7.93. The van der Waals surface area contributed by atoms with Crippen LogP contribution in [0.4, 0.5) is 0 Å². The summed E-state index contributed by atoms with van der Waals surface area (Å²) in [5.74, 6) is 2.06. The first-order chi connectivity index (χ1) is 18.0. The Morgan fingerprint density at radius 1 is 1.05 bits per heavy atom. The van der Waals surface area contributed by atoms with Gasteiger partial charge in [-0.3, -0.25) is 4.79 Å². The van der Waals surface area contributed by atoms with E-state index in [1.165, 1.54) is 18.0 Å². The summed E-state index contributed by atoms with van der Waals surface area (Å²) in [7, 11) is 3.10. The molecule has 0 atom stereocenters. The molecule has 0 aliphatic rings. The summed E-state index contributed by atoms with van der Waals surface area (Å²) in [5, 5.41) is 5.98. The van der Waals surface area contributed by atoms with Gasteiger partial charge in [-0.15, -0.1) is 0 Å². The van der Waals surface area contributed by atoms with Crippen LogP contribution in [0.3, 0.4) is 0 Å². The molecule has 0 aliphatic heterocycles. The number of benzene rings is 3. The predicted octanol–water partition coefficient (Wildman–Crippen LogP) is 5.93. The third kappa shape index (κ3) is 4.54. The van der Waals surface area contributed by atoms with E-state index in [1.807, 2.05) is 24.3 Å². The Morgan fingerprint density at radius 2 is 1.86 bits per heavy atom. The summed E-state index contributed by atoms with van der Waals surface area (Å²) in [6, 6.07) is 17.7. The highest BCUT2D eigenvalue weighted by molar-refractivity contribution is 6.32. The monoisotopic (exact) mass is 515 g/mol. The smallest absolute Gasteiger partial charge is 0.282 e. The molecule has 0 aliphatic carbocycles. The summed E-state index contributed by atoms with van der Waals surface area (Å²) in [4.78, 5) is 18.2. The van der Waals surface area contributed by atoms with Crippen LogP contribution in [-0.4, -0.2) is 36.7 Å². The average Bonchev–Trinajstić information content (AvgIpc) is 3.36. The van der Waals surface area contributed by atoms with Gasteiger partial charge in [0, 0.05) is 0 Å². The summed E-state index contributed by atoms with van der Waals surface area (Å²) in [6.07, 6.45) is 3.11. The lowest BCUT2D eigenvalue weighted by Gasteiger charge is -2.12. The van der Waals surface area contributed by atoms with E-state index >= 15 is 0 Å². The van der Waals surface area contributed by atoms with E-state index in [-0.39, 0.29) is 18.0 Å². The van der Waals surface area contributed by atoms with E-state index in [1.54, 1.807) is 49.6 Å². The normalized spacial score (nSPS) is 11.3. The van der Waals surface area contributed by atoms with E-state index in [2.05, 4.69) is 11.7 Å². The molecule has 0 radical (unpaired) electrons. The van der Waals surface area contributed by atoms with Crippen molar-refractivity contribution in [3.63, 3.8) is 0 Å². The highest BCUT2D eigenvalue weighted by Crippen LogP contribution is 2.36. The van der Waals surface area contributed by atoms with Gasteiger partial charge < -0.3 is 18.6 Å². The SMILES string of the molecule is C=CCOc1c(Cl)cc(C=Nn2c(-c3cc4c(OC)cccc4o3)nc3ccccc3c2=O)cc1OC. The molecule has 0 spiro atoms. The average molecular weight is 516 g/mol. The van der Waals surface area contributed by atoms with Crippen LogP contribution < -0.4 is 19.8 Å². The summed E-state index contributed by atoms with van der Waals surface area (Å²) < 4.78 is 23.8. The number of methoxy groups -OCH3 is 2. The molecular weight excluding hydrogens is 494 g/mol. The number of halogens is 1. The predicted molar refractivity (Wildman–Crippen MR) is 144 cm³/mol. The Balaban J connectivity index is 1.67. The van der Waals surface area contributed by atoms with Crippen molar-refractivity contribution in [2.45, 2.75) is 0 Å². The minimum Gasteiger partial charge on any atom is -0.496 e. The number of nitrogens with zero attached hydrogens (tertiary/aromatic N) is 3. The highest BCUT2D eigenvalue weighted by atomic mass is 35.5. The molecule has 0 bridgehead atoms. The maximum absolute atomic E-state index is 13.5. The number of hydrogen-bond acceptors (Lipinski definition) is 7. The van der Waals surface area contributed by atoms with Gasteiger partial charge in [0.05, 0.1) is 41.7 Å². The third-order valence-electron chi connectivity index (χ3n) is 5.64. The maximum atomic E-state index is 13.5. The molecule has 0 fully saturated rings. The number of para-hydroxylation sites is 1. The van der Waals surface area contributed by atoms with Gasteiger partial charge in [-0.25, -0.2) is 4.98 Å². The largest absolute Gasteiger partial charge is 0.496 e. The molecule has 5 aromatic rings. The van der Waals surface area contributed by atoms with Crippen molar-refractivity contribution in [2.75, 3.05) is 20.8 Å². The van der Waals surface area contributed by atoms with Crippen LogP contribution in [0.15, 0.2) is 87.6 Å². The fourth-order valence-electron chi connectivity index (χ4n) is 3.93. The first-order valence-corrected chi connectivity index (χ1v) is 11.7. The van der Waals surface area contributed by atoms with Crippen molar-refractivity contribution in [3.05, 3.63) is 94.3 Å². The van der Waals surface area contributed by atoms with E-state index in [0.29, 0.717) is 50.1 Å². The quantitative estimate of drug-likeness (QED) is 0.188. The lowest BCUT2D eigenvalue weighted by Crippen LogP contribution is -2.20. The molecule has 0 unspecified atom stereocenters. The van der Waals surface area contributed by atoms with Gasteiger partial charge in [-0.1, -0.05) is 42.5 Å². The lowest BCUT2D eigenvalue weighted by atomic mass is 10.2. The zero-order valence-electron chi connectivity index (χ0n) is 20.1. The van der Waals surface area contributed by atoms with Gasteiger partial charge in [-0.05, 0) is 48.0 Å². The van der Waals surface area contributed by atoms with Crippen molar-refractivity contribution in [1.82, 2.24) is 9.66 Å². The van der Waals surface area contributed by atoms with Crippen molar-refractivity contribution in [2.24, 2.45) is 5.10 Å². The number of hydrogen-bond donors (Lipinski definition) is 0. The summed E-state index contributed by atoms with van der Waals surface area (Å²) in [6.45, 7) is 3.92. The Hall–Kier alpha value is -4.56. The minimum absolute atomic E-state index is 0.238. The zero-order chi connectivity index (χ0) is 25.9. The highest BCUT2D eigenvalue weighted by Gasteiger charge is 2.18. The van der Waals surface area contributed by atoms with Crippen LogP contribution in [0.5, 0.6) is 17.2 Å². The minimum atomic E-state index is -0.353. The fourth-order valence-corrected chi connectivity index (χ4v) is 4.21. The number of furan rings is 1. The Kier molecular flexibility index (Phi) is 6.66. The van der Waals surface area contributed by atoms with E-state index in [0.717, 1.165) is 5.39 Å². The van der Waals surface area contributed by atoms with Gasteiger partial charge in [0.1, 0.15) is 17.9 Å². The number of aromatic nitrogens is 2. The Morgan fingerprint density at radius 3 is 2.65 bits per heavy atom. The zero-order valence-corrected chi connectivity index (χ0v) is 20.9. The molecule has 186 valence electrons. The molecule has 2 aromatic heterocycles. The standard InChI is InChI=1S/C28H22ClN3O5/c1-4-12-36-26-20(29)13-17(14-24(26)35-3)16-30-32-27(31-21-9-6-5-8-18(21)28(32)33)25-15-19-22(34-2)10-7-11-23(19)37-25/h4-11,13-16H,1,12H2,2-3H3. The molecule has 2 heterocycles. The second kappa shape index (κ2) is 10.2. The van der Waals surface area contributed by atoms with Crippen LogP contribution >= 0.6 is 11.6 Å². The summed E-state index contributed by atoms with van der Waals surface area (Å²) >= 11 is 6.43. The van der Waals surface area contributed by atoms with Gasteiger partial charge in [0.25, 0.3) is 5.56 Å². The van der Waals surface area contributed by atoms with E-state index < -0.39 is 0 Å². The maximum Gasteiger partial charge on any atom is 0.282 e. The molecular formula is C28H22ClN3O5. The molecule has 0 N–H and O–H groups in total. The number of rotatable bonds is 8. The van der Waals surface area contributed by atoms with Gasteiger partial charge in [-0.2, -0.15) is 9.78 Å². The lowest BCUT2D eigenvalue weighted by molar-refractivity contribution is 0.326. The molecule has 37 heavy (non-hydrogen) atoms. The topological polar surface area (TPSA) is 88.1 Å². The van der Waals surface area contributed by atoms with E-state index in [9.17, 15) is 4.79 Å². The molecule has 9 heteroatoms.